The van der Waals surface area contributed by atoms with E-state index in [1.807, 2.05) is 17.5 Å². The number of rotatable bonds is 6. The van der Waals surface area contributed by atoms with Gasteiger partial charge in [0.2, 0.25) is 5.09 Å². The van der Waals surface area contributed by atoms with E-state index in [2.05, 4.69) is 0 Å². The lowest BCUT2D eigenvalue weighted by molar-refractivity contribution is 0.0953. The second-order valence-electron chi connectivity index (χ2n) is 7.53. The molecule has 0 saturated carbocycles. The summed E-state index contributed by atoms with van der Waals surface area (Å²) in [5.74, 6) is 0.724. The van der Waals surface area contributed by atoms with Crippen LogP contribution < -0.4 is 14.4 Å². The quantitative estimate of drug-likeness (QED) is 0.541. The first-order valence-electron chi connectivity index (χ1n) is 10.4. The molecule has 2 aliphatic rings. The largest absolute Gasteiger partial charge is 0.486 e. The third kappa shape index (κ3) is 4.01. The Bertz CT molecular complexity index is 1210. The molecule has 0 bridgehead atoms. The number of ether oxygens (including phenoxy) is 2. The zero-order valence-electron chi connectivity index (χ0n) is 17.2. The molecule has 0 spiro atoms. The van der Waals surface area contributed by atoms with Crippen molar-refractivity contribution in [1.82, 2.24) is 4.31 Å². The van der Waals surface area contributed by atoms with E-state index in [-0.39, 0.29) is 10.9 Å². The molecule has 8 nitrogen and oxygen atoms in total. The number of furan rings is 1. The van der Waals surface area contributed by atoms with Gasteiger partial charge in [-0.1, -0.05) is 6.07 Å². The molecule has 32 heavy (non-hydrogen) atoms. The molecule has 0 radical (unpaired) electrons. The lowest BCUT2D eigenvalue weighted by Crippen LogP contribution is -2.30. The molecule has 0 aliphatic carbocycles. The van der Waals surface area contributed by atoms with Crippen LogP contribution in [0, 0.1) is 0 Å². The first-order chi connectivity index (χ1) is 15.5. The van der Waals surface area contributed by atoms with Crippen molar-refractivity contribution in [1.29, 1.82) is 0 Å². The highest BCUT2D eigenvalue weighted by Crippen LogP contribution is 2.35. The van der Waals surface area contributed by atoms with Crippen LogP contribution in [0.1, 0.15) is 28.3 Å². The minimum absolute atomic E-state index is 0.0331. The Morgan fingerprint density at radius 3 is 2.56 bits per heavy atom. The number of nitrogens with zero attached hydrogens (tertiary/aromatic N) is 2. The van der Waals surface area contributed by atoms with Crippen LogP contribution >= 0.6 is 11.3 Å². The standard InChI is InChI=1S/C22H22N2O6S2/c25-22(19-7-8-21(30-19)32(26,27)23-9-1-2-10-23)24(15-17-4-3-13-31-17)16-5-6-18-20(14-16)29-12-11-28-18/h3-8,13-14H,1-2,9-12,15H2. The topological polar surface area (TPSA) is 89.3 Å². The maximum absolute atomic E-state index is 13.5. The first-order valence-corrected chi connectivity index (χ1v) is 12.7. The van der Waals surface area contributed by atoms with E-state index < -0.39 is 15.9 Å². The Kier molecular flexibility index (Phi) is 5.66. The normalized spacial score (nSPS) is 16.2. The number of sulfonamides is 1. The SMILES string of the molecule is O=C(c1ccc(S(=O)(=O)N2CCCC2)o1)N(Cc1cccs1)c1ccc2c(c1)OCCO2. The highest BCUT2D eigenvalue weighted by molar-refractivity contribution is 7.89. The van der Waals surface area contributed by atoms with Crippen LogP contribution in [0.25, 0.3) is 0 Å². The fourth-order valence-corrected chi connectivity index (χ4v) is 5.92. The number of hydrogen-bond donors (Lipinski definition) is 0. The van der Waals surface area contributed by atoms with Crippen molar-refractivity contribution in [2.45, 2.75) is 24.5 Å². The van der Waals surface area contributed by atoms with Crippen LogP contribution in [0.4, 0.5) is 5.69 Å². The monoisotopic (exact) mass is 474 g/mol. The number of anilines is 1. The summed E-state index contributed by atoms with van der Waals surface area (Å²) in [6.45, 7) is 2.16. The first kappa shape index (κ1) is 21.0. The predicted octanol–water partition coefficient (Wildman–Crippen LogP) is 3.74. The molecule has 0 unspecified atom stereocenters. The van der Waals surface area contributed by atoms with Crippen LogP contribution in [0.15, 0.2) is 57.4 Å². The predicted molar refractivity (Wildman–Crippen MR) is 119 cm³/mol. The Morgan fingerprint density at radius 2 is 1.81 bits per heavy atom. The summed E-state index contributed by atoms with van der Waals surface area (Å²) in [4.78, 5) is 16.0. The zero-order valence-corrected chi connectivity index (χ0v) is 18.9. The van der Waals surface area contributed by atoms with Gasteiger partial charge in [0.05, 0.1) is 6.54 Å². The van der Waals surface area contributed by atoms with Crippen molar-refractivity contribution < 1.29 is 27.1 Å². The minimum atomic E-state index is -3.74. The van der Waals surface area contributed by atoms with E-state index in [9.17, 15) is 13.2 Å². The van der Waals surface area contributed by atoms with Gasteiger partial charge in [0.25, 0.3) is 15.9 Å². The maximum atomic E-state index is 13.5. The molecule has 1 saturated heterocycles. The molecule has 168 valence electrons. The fourth-order valence-electron chi connectivity index (χ4n) is 3.80. The van der Waals surface area contributed by atoms with Crippen molar-refractivity contribution >= 4 is 33.0 Å². The number of thiophene rings is 1. The Hall–Kier alpha value is -2.82. The van der Waals surface area contributed by atoms with Crippen molar-refractivity contribution in [2.75, 3.05) is 31.2 Å². The Morgan fingerprint density at radius 1 is 1.03 bits per heavy atom. The molecular weight excluding hydrogens is 452 g/mol. The molecule has 4 heterocycles. The Balaban J connectivity index is 1.47. The van der Waals surface area contributed by atoms with Gasteiger partial charge in [-0.15, -0.1) is 11.3 Å². The summed E-state index contributed by atoms with van der Waals surface area (Å²) in [6.07, 6.45) is 1.65. The third-order valence-corrected chi connectivity index (χ3v) is 8.06. The molecule has 1 aromatic carbocycles. The van der Waals surface area contributed by atoms with E-state index in [0.717, 1.165) is 17.7 Å². The lowest BCUT2D eigenvalue weighted by Gasteiger charge is -2.24. The zero-order chi connectivity index (χ0) is 22.1. The molecule has 0 N–H and O–H groups in total. The van der Waals surface area contributed by atoms with Gasteiger partial charge >= 0.3 is 0 Å². The van der Waals surface area contributed by atoms with E-state index in [1.54, 1.807) is 23.1 Å². The number of hydrogen-bond acceptors (Lipinski definition) is 7. The maximum Gasteiger partial charge on any atom is 0.294 e. The highest BCUT2D eigenvalue weighted by Gasteiger charge is 2.32. The molecule has 2 aliphatic heterocycles. The second kappa shape index (κ2) is 8.61. The molecule has 5 rings (SSSR count). The van der Waals surface area contributed by atoms with Gasteiger partial charge in [0, 0.05) is 29.7 Å². The van der Waals surface area contributed by atoms with Gasteiger partial charge in [-0.25, -0.2) is 8.42 Å². The van der Waals surface area contributed by atoms with Crippen LogP contribution in [0.3, 0.4) is 0 Å². The van der Waals surface area contributed by atoms with Crippen molar-refractivity contribution in [3.63, 3.8) is 0 Å². The summed E-state index contributed by atoms with van der Waals surface area (Å²) in [5.41, 5.74) is 0.605. The smallest absolute Gasteiger partial charge is 0.294 e. The molecule has 2 aromatic heterocycles. The molecule has 10 heteroatoms. The van der Waals surface area contributed by atoms with E-state index >= 15 is 0 Å². The van der Waals surface area contributed by atoms with Gasteiger partial charge in [0.15, 0.2) is 17.3 Å². The number of carbonyl (C=O) groups is 1. The summed E-state index contributed by atoms with van der Waals surface area (Å²) in [5, 5.41) is 1.73. The number of benzene rings is 1. The van der Waals surface area contributed by atoms with Crippen LogP contribution in [0.2, 0.25) is 0 Å². The van der Waals surface area contributed by atoms with E-state index in [1.165, 1.54) is 27.8 Å². The van der Waals surface area contributed by atoms with Crippen molar-refractivity contribution in [2.24, 2.45) is 0 Å². The summed E-state index contributed by atoms with van der Waals surface area (Å²) in [7, 11) is -3.74. The average molecular weight is 475 g/mol. The van der Waals surface area contributed by atoms with Gasteiger partial charge in [0.1, 0.15) is 13.2 Å². The van der Waals surface area contributed by atoms with E-state index in [0.29, 0.717) is 50.0 Å². The third-order valence-electron chi connectivity index (χ3n) is 5.43. The lowest BCUT2D eigenvalue weighted by atomic mass is 10.2. The van der Waals surface area contributed by atoms with Gasteiger partial charge < -0.3 is 18.8 Å². The van der Waals surface area contributed by atoms with Gasteiger partial charge in [-0.2, -0.15) is 4.31 Å². The molecule has 3 aromatic rings. The minimum Gasteiger partial charge on any atom is -0.486 e. The summed E-state index contributed by atoms with van der Waals surface area (Å²) in [6, 6.07) is 11.9. The molecular formula is C22H22N2O6S2. The number of fused-ring (bicyclic) bond motifs is 1. The van der Waals surface area contributed by atoms with Gasteiger partial charge in [-0.3, -0.25) is 4.79 Å². The van der Waals surface area contributed by atoms with Crippen LogP contribution in [-0.4, -0.2) is 44.9 Å². The van der Waals surface area contributed by atoms with E-state index in [4.69, 9.17) is 13.9 Å². The second-order valence-corrected chi connectivity index (χ2v) is 10.4. The molecule has 1 fully saturated rings. The molecule has 1 amide bonds. The summed E-state index contributed by atoms with van der Waals surface area (Å²) >= 11 is 1.53. The average Bonchev–Trinajstić information content (AvgIpc) is 3.59. The fraction of sp³-hybridized carbons (Fsp3) is 0.318. The molecule has 0 atom stereocenters. The number of amides is 1. The highest BCUT2D eigenvalue weighted by atomic mass is 32.2. The summed E-state index contributed by atoms with van der Waals surface area (Å²) < 4.78 is 43.8. The van der Waals surface area contributed by atoms with Crippen LogP contribution in [-0.2, 0) is 16.6 Å². The van der Waals surface area contributed by atoms with Crippen LogP contribution in [0.5, 0.6) is 11.5 Å². The van der Waals surface area contributed by atoms with Crippen molar-refractivity contribution in [3.8, 4) is 11.5 Å². The van der Waals surface area contributed by atoms with Gasteiger partial charge in [-0.05, 0) is 48.6 Å². The van der Waals surface area contributed by atoms with Crippen molar-refractivity contribution in [3.05, 3.63) is 58.5 Å². The Labute approximate surface area is 190 Å². The number of carbonyl (C=O) groups excluding carboxylic acids is 1.